The lowest BCUT2D eigenvalue weighted by atomic mass is 10.3. The second-order valence-corrected chi connectivity index (χ2v) is 2.07. The van der Waals surface area contributed by atoms with E-state index < -0.39 is 17.1 Å². The topological polar surface area (TPSA) is 70.7 Å². The van der Waals surface area contributed by atoms with Gasteiger partial charge in [0, 0.05) is 6.42 Å². The molecule has 4 heteroatoms. The standard InChI is InChI=1S/C7H8O4/c1-2-5-7(10)4(8)3-6(9)11-5/h3,9-10H,2H2,1H3. The van der Waals surface area contributed by atoms with Gasteiger partial charge in [0.2, 0.25) is 11.2 Å². The molecule has 0 radical (unpaired) electrons. The zero-order valence-electron chi connectivity index (χ0n) is 6.00. The van der Waals surface area contributed by atoms with E-state index in [9.17, 15) is 4.79 Å². The van der Waals surface area contributed by atoms with E-state index >= 15 is 0 Å². The summed E-state index contributed by atoms with van der Waals surface area (Å²) >= 11 is 0. The summed E-state index contributed by atoms with van der Waals surface area (Å²) in [6.45, 7) is 1.71. The zero-order valence-corrected chi connectivity index (χ0v) is 6.00. The van der Waals surface area contributed by atoms with E-state index in [1.165, 1.54) is 0 Å². The first-order valence-corrected chi connectivity index (χ1v) is 3.20. The van der Waals surface area contributed by atoms with Gasteiger partial charge in [0.25, 0.3) is 5.95 Å². The third kappa shape index (κ3) is 1.34. The van der Waals surface area contributed by atoms with E-state index in [1.807, 2.05) is 0 Å². The molecule has 60 valence electrons. The Balaban J connectivity index is 3.36. The lowest BCUT2D eigenvalue weighted by molar-refractivity contribution is 0.293. The lowest BCUT2D eigenvalue weighted by Gasteiger charge is -1.98. The summed E-state index contributed by atoms with van der Waals surface area (Å²) < 4.78 is 4.64. The molecule has 0 aromatic carbocycles. The van der Waals surface area contributed by atoms with Crippen molar-refractivity contribution in [2.24, 2.45) is 0 Å². The zero-order chi connectivity index (χ0) is 8.43. The van der Waals surface area contributed by atoms with Crippen LogP contribution in [-0.2, 0) is 6.42 Å². The summed E-state index contributed by atoms with van der Waals surface area (Å²) in [4.78, 5) is 10.7. The molecule has 0 fully saturated rings. The van der Waals surface area contributed by atoms with Crippen LogP contribution in [0.5, 0.6) is 11.7 Å². The van der Waals surface area contributed by atoms with E-state index in [4.69, 9.17) is 10.2 Å². The highest BCUT2D eigenvalue weighted by Crippen LogP contribution is 2.17. The maximum absolute atomic E-state index is 10.7. The van der Waals surface area contributed by atoms with Crippen LogP contribution in [0.25, 0.3) is 0 Å². The van der Waals surface area contributed by atoms with Crippen molar-refractivity contribution in [1.29, 1.82) is 0 Å². The first kappa shape index (κ1) is 7.65. The fourth-order valence-electron chi connectivity index (χ4n) is 0.762. The van der Waals surface area contributed by atoms with E-state index in [0.717, 1.165) is 6.07 Å². The van der Waals surface area contributed by atoms with Crippen LogP contribution in [0.1, 0.15) is 12.7 Å². The lowest BCUT2D eigenvalue weighted by Crippen LogP contribution is -2.00. The molecular weight excluding hydrogens is 148 g/mol. The van der Waals surface area contributed by atoms with Crippen LogP contribution in [0.4, 0.5) is 0 Å². The number of hydrogen-bond acceptors (Lipinski definition) is 4. The van der Waals surface area contributed by atoms with Crippen molar-refractivity contribution in [3.05, 3.63) is 22.0 Å². The molecule has 0 bridgehead atoms. The Hall–Kier alpha value is -1.45. The van der Waals surface area contributed by atoms with Gasteiger partial charge in [0.15, 0.2) is 5.76 Å². The van der Waals surface area contributed by atoms with E-state index in [0.29, 0.717) is 6.42 Å². The third-order valence-electron chi connectivity index (χ3n) is 1.30. The van der Waals surface area contributed by atoms with Crippen LogP contribution in [0, 0.1) is 0 Å². The molecule has 1 heterocycles. The molecule has 0 saturated heterocycles. The Kier molecular flexibility index (Phi) is 1.85. The van der Waals surface area contributed by atoms with Crippen molar-refractivity contribution in [2.75, 3.05) is 0 Å². The van der Waals surface area contributed by atoms with E-state index in [1.54, 1.807) is 6.92 Å². The van der Waals surface area contributed by atoms with Crippen molar-refractivity contribution in [3.8, 4) is 11.7 Å². The minimum Gasteiger partial charge on any atom is -0.502 e. The Morgan fingerprint density at radius 3 is 2.73 bits per heavy atom. The van der Waals surface area contributed by atoms with Gasteiger partial charge in [-0.05, 0) is 0 Å². The summed E-state index contributed by atoms with van der Waals surface area (Å²) in [5.74, 6) is -0.787. The van der Waals surface area contributed by atoms with Gasteiger partial charge < -0.3 is 14.6 Å². The smallest absolute Gasteiger partial charge is 0.286 e. The molecule has 2 N–H and O–H groups in total. The molecule has 4 nitrogen and oxygen atoms in total. The van der Waals surface area contributed by atoms with Gasteiger partial charge in [-0.15, -0.1) is 0 Å². The average Bonchev–Trinajstić information content (AvgIpc) is 1.96. The summed E-state index contributed by atoms with van der Waals surface area (Å²) in [6, 6.07) is 0.828. The average molecular weight is 156 g/mol. The molecule has 0 atom stereocenters. The van der Waals surface area contributed by atoms with Crippen LogP contribution in [-0.4, -0.2) is 10.2 Å². The third-order valence-corrected chi connectivity index (χ3v) is 1.30. The summed E-state index contributed by atoms with van der Waals surface area (Å²) in [6.07, 6.45) is 0.371. The molecule has 1 aromatic heterocycles. The Labute approximate surface area is 62.7 Å². The Morgan fingerprint density at radius 1 is 1.55 bits per heavy atom. The van der Waals surface area contributed by atoms with E-state index in [-0.39, 0.29) is 5.76 Å². The first-order valence-electron chi connectivity index (χ1n) is 3.20. The number of aryl methyl sites for hydroxylation is 1. The molecule has 0 saturated carbocycles. The first-order chi connectivity index (χ1) is 5.15. The predicted molar refractivity (Wildman–Crippen MR) is 37.7 cm³/mol. The molecule has 1 aromatic rings. The SMILES string of the molecule is CCc1oc(O)cc(=O)c1O. The second kappa shape index (κ2) is 2.65. The second-order valence-electron chi connectivity index (χ2n) is 2.07. The van der Waals surface area contributed by atoms with Gasteiger partial charge in [-0.2, -0.15) is 0 Å². The highest BCUT2D eigenvalue weighted by Gasteiger charge is 2.07. The maximum Gasteiger partial charge on any atom is 0.286 e. The maximum atomic E-state index is 10.7. The van der Waals surface area contributed by atoms with Crippen molar-refractivity contribution in [2.45, 2.75) is 13.3 Å². The quantitative estimate of drug-likeness (QED) is 0.625. The minimum absolute atomic E-state index is 0.106. The van der Waals surface area contributed by atoms with Crippen LogP contribution < -0.4 is 5.43 Å². The van der Waals surface area contributed by atoms with Gasteiger partial charge in [-0.25, -0.2) is 0 Å². The molecule has 1 rings (SSSR count). The summed E-state index contributed by atoms with van der Waals surface area (Å²) in [5, 5.41) is 17.8. The molecule has 11 heavy (non-hydrogen) atoms. The van der Waals surface area contributed by atoms with Crippen molar-refractivity contribution in [1.82, 2.24) is 0 Å². The molecule has 0 aliphatic heterocycles. The number of rotatable bonds is 1. The normalized spacial score (nSPS) is 9.91. The van der Waals surface area contributed by atoms with Gasteiger partial charge in [-0.1, -0.05) is 6.92 Å². The predicted octanol–water partition coefficient (Wildman–Crippen LogP) is 0.613. The van der Waals surface area contributed by atoms with Crippen LogP contribution in [0.15, 0.2) is 15.3 Å². The largest absolute Gasteiger partial charge is 0.502 e. The minimum atomic E-state index is -0.620. The summed E-state index contributed by atoms with van der Waals surface area (Å²) in [5.41, 5.74) is -0.620. The fourth-order valence-corrected chi connectivity index (χ4v) is 0.762. The Bertz CT molecular complexity index is 313. The highest BCUT2D eigenvalue weighted by molar-refractivity contribution is 5.25. The number of aromatic hydroxyl groups is 2. The number of hydrogen-bond donors (Lipinski definition) is 2. The van der Waals surface area contributed by atoms with Crippen LogP contribution in [0.3, 0.4) is 0 Å². The Morgan fingerprint density at radius 2 is 2.18 bits per heavy atom. The summed E-state index contributed by atoms with van der Waals surface area (Å²) in [7, 11) is 0. The van der Waals surface area contributed by atoms with Gasteiger partial charge in [0.05, 0.1) is 6.07 Å². The molecule has 0 spiro atoms. The van der Waals surface area contributed by atoms with Crippen molar-refractivity contribution in [3.63, 3.8) is 0 Å². The molecule has 0 unspecified atom stereocenters. The molecule has 0 aliphatic rings. The van der Waals surface area contributed by atoms with E-state index in [2.05, 4.69) is 4.42 Å². The monoisotopic (exact) mass is 156 g/mol. The highest BCUT2D eigenvalue weighted by atomic mass is 16.5. The molecule has 0 amide bonds. The molecule has 0 aliphatic carbocycles. The van der Waals surface area contributed by atoms with Gasteiger partial charge in [-0.3, -0.25) is 4.79 Å². The van der Waals surface area contributed by atoms with Crippen molar-refractivity contribution < 1.29 is 14.6 Å². The fraction of sp³-hybridized carbons (Fsp3) is 0.286. The molecular formula is C7H8O4. The van der Waals surface area contributed by atoms with Gasteiger partial charge >= 0.3 is 0 Å². The van der Waals surface area contributed by atoms with Crippen molar-refractivity contribution >= 4 is 0 Å². The van der Waals surface area contributed by atoms with Crippen LogP contribution >= 0.6 is 0 Å². The van der Waals surface area contributed by atoms with Gasteiger partial charge in [0.1, 0.15) is 0 Å². The van der Waals surface area contributed by atoms with Crippen LogP contribution in [0.2, 0.25) is 0 Å².